The second-order valence-corrected chi connectivity index (χ2v) is 6.93. The van der Waals surface area contributed by atoms with E-state index in [1.165, 1.54) is 44.3 Å². The van der Waals surface area contributed by atoms with E-state index in [-0.39, 0.29) is 0 Å². The van der Waals surface area contributed by atoms with Crippen LogP contribution in [-0.4, -0.2) is 30.1 Å². The van der Waals surface area contributed by atoms with Crippen LogP contribution in [0.25, 0.3) is 0 Å². The maximum atomic E-state index is 6.11. The standard InChI is InChI=1S/C15H20BrClN2/c16-14-4-1-11(9-15(14)17)10-18-12-5-7-19(8-6-12)13-2-3-13/h1,4,9,12-13,18H,2-3,5-8,10H2. The minimum absolute atomic E-state index is 0.664. The van der Waals surface area contributed by atoms with Gasteiger partial charge in [0, 0.05) is 23.1 Å². The molecule has 0 amide bonds. The lowest BCUT2D eigenvalue weighted by molar-refractivity contribution is 0.189. The van der Waals surface area contributed by atoms with Crippen LogP contribution >= 0.6 is 27.5 Å². The third-order valence-electron chi connectivity index (χ3n) is 4.17. The third-order valence-corrected chi connectivity index (χ3v) is 5.40. The van der Waals surface area contributed by atoms with E-state index in [9.17, 15) is 0 Å². The molecule has 0 bridgehead atoms. The van der Waals surface area contributed by atoms with Gasteiger partial charge in [0.2, 0.25) is 0 Å². The first-order chi connectivity index (χ1) is 9.22. The van der Waals surface area contributed by atoms with Gasteiger partial charge in [-0.3, -0.25) is 0 Å². The number of nitrogens with one attached hydrogen (secondary N) is 1. The molecular weight excluding hydrogens is 324 g/mol. The summed E-state index contributed by atoms with van der Waals surface area (Å²) in [6, 6.07) is 7.78. The fraction of sp³-hybridized carbons (Fsp3) is 0.600. The van der Waals surface area contributed by atoms with Crippen LogP contribution in [0.5, 0.6) is 0 Å². The van der Waals surface area contributed by atoms with Gasteiger partial charge >= 0.3 is 0 Å². The molecule has 1 aromatic carbocycles. The summed E-state index contributed by atoms with van der Waals surface area (Å²) in [5.74, 6) is 0. The Labute approximate surface area is 128 Å². The van der Waals surface area contributed by atoms with E-state index in [0.29, 0.717) is 6.04 Å². The molecule has 0 spiro atoms. The molecule has 4 heteroatoms. The number of halogens is 2. The van der Waals surface area contributed by atoms with Gasteiger partial charge in [0.15, 0.2) is 0 Å². The van der Waals surface area contributed by atoms with Gasteiger partial charge in [-0.15, -0.1) is 0 Å². The van der Waals surface area contributed by atoms with Crippen LogP contribution in [0.3, 0.4) is 0 Å². The van der Waals surface area contributed by atoms with Crippen molar-refractivity contribution < 1.29 is 0 Å². The molecule has 1 saturated carbocycles. The molecule has 1 aromatic rings. The summed E-state index contributed by atoms with van der Waals surface area (Å²) in [4.78, 5) is 2.66. The summed E-state index contributed by atoms with van der Waals surface area (Å²) in [5, 5.41) is 4.46. The highest BCUT2D eigenvalue weighted by atomic mass is 79.9. The molecule has 0 radical (unpaired) electrons. The fourth-order valence-electron chi connectivity index (χ4n) is 2.82. The summed E-state index contributed by atoms with van der Waals surface area (Å²) >= 11 is 9.54. The zero-order valence-electron chi connectivity index (χ0n) is 11.0. The van der Waals surface area contributed by atoms with E-state index in [0.717, 1.165) is 22.1 Å². The van der Waals surface area contributed by atoms with E-state index in [1.54, 1.807) is 0 Å². The average molecular weight is 344 g/mol. The van der Waals surface area contributed by atoms with E-state index >= 15 is 0 Å². The van der Waals surface area contributed by atoms with Crippen LogP contribution in [-0.2, 0) is 6.54 Å². The molecule has 19 heavy (non-hydrogen) atoms. The van der Waals surface area contributed by atoms with Gasteiger partial charge in [0.25, 0.3) is 0 Å². The van der Waals surface area contributed by atoms with Crippen LogP contribution in [0.1, 0.15) is 31.2 Å². The minimum atomic E-state index is 0.664. The maximum Gasteiger partial charge on any atom is 0.0551 e. The summed E-state index contributed by atoms with van der Waals surface area (Å²) in [6.45, 7) is 3.45. The first-order valence-corrected chi connectivity index (χ1v) is 8.31. The zero-order valence-corrected chi connectivity index (χ0v) is 13.4. The third kappa shape index (κ3) is 3.72. The van der Waals surface area contributed by atoms with Crippen LogP contribution < -0.4 is 5.32 Å². The molecule has 0 aromatic heterocycles. The Morgan fingerprint density at radius 1 is 1.21 bits per heavy atom. The van der Waals surface area contributed by atoms with Gasteiger partial charge in [-0.2, -0.15) is 0 Å². The number of nitrogens with zero attached hydrogens (tertiary/aromatic N) is 1. The van der Waals surface area contributed by atoms with Gasteiger partial charge in [0.05, 0.1) is 5.02 Å². The van der Waals surface area contributed by atoms with Crippen LogP contribution in [0, 0.1) is 0 Å². The van der Waals surface area contributed by atoms with Gasteiger partial charge in [0.1, 0.15) is 0 Å². The Morgan fingerprint density at radius 2 is 1.95 bits per heavy atom. The van der Waals surface area contributed by atoms with Crippen molar-refractivity contribution in [2.24, 2.45) is 0 Å². The molecule has 1 saturated heterocycles. The molecule has 1 heterocycles. The van der Waals surface area contributed by atoms with Crippen molar-refractivity contribution in [3.8, 4) is 0 Å². The van der Waals surface area contributed by atoms with Gasteiger partial charge < -0.3 is 10.2 Å². The molecule has 1 N–H and O–H groups in total. The highest BCUT2D eigenvalue weighted by Gasteiger charge is 2.31. The van der Waals surface area contributed by atoms with Crippen molar-refractivity contribution in [2.45, 2.75) is 44.3 Å². The second kappa shape index (κ2) is 6.13. The highest BCUT2D eigenvalue weighted by Crippen LogP contribution is 2.29. The SMILES string of the molecule is Clc1cc(CNC2CCN(C3CC3)CC2)ccc1Br. The van der Waals surface area contributed by atoms with Crippen molar-refractivity contribution in [1.29, 1.82) is 0 Å². The maximum absolute atomic E-state index is 6.11. The Kier molecular flexibility index (Phi) is 4.47. The van der Waals surface area contributed by atoms with Crippen LogP contribution in [0.4, 0.5) is 0 Å². The lowest BCUT2D eigenvalue weighted by atomic mass is 10.0. The Morgan fingerprint density at radius 3 is 2.58 bits per heavy atom. The number of piperidine rings is 1. The topological polar surface area (TPSA) is 15.3 Å². The lowest BCUT2D eigenvalue weighted by Gasteiger charge is -2.32. The second-order valence-electron chi connectivity index (χ2n) is 5.67. The van der Waals surface area contributed by atoms with Crippen LogP contribution in [0.15, 0.2) is 22.7 Å². The van der Waals surface area contributed by atoms with Gasteiger partial charge in [-0.1, -0.05) is 17.7 Å². The van der Waals surface area contributed by atoms with Crippen molar-refractivity contribution in [3.05, 3.63) is 33.3 Å². The molecule has 104 valence electrons. The van der Waals surface area contributed by atoms with E-state index in [4.69, 9.17) is 11.6 Å². The van der Waals surface area contributed by atoms with Crippen molar-refractivity contribution in [2.75, 3.05) is 13.1 Å². The number of benzene rings is 1. The Bertz CT molecular complexity index is 440. The Balaban J connectivity index is 1.45. The molecule has 0 unspecified atom stereocenters. The minimum Gasteiger partial charge on any atom is -0.310 e. The van der Waals surface area contributed by atoms with Gasteiger partial charge in [-0.05, 0) is 72.4 Å². The van der Waals surface area contributed by atoms with Crippen molar-refractivity contribution in [1.82, 2.24) is 10.2 Å². The Hall–Kier alpha value is -0.0900. The summed E-state index contributed by atoms with van der Waals surface area (Å²) < 4.78 is 0.968. The average Bonchev–Trinajstić information content (AvgIpc) is 3.25. The number of hydrogen-bond acceptors (Lipinski definition) is 2. The largest absolute Gasteiger partial charge is 0.310 e. The van der Waals surface area contributed by atoms with E-state index in [1.807, 2.05) is 12.1 Å². The predicted molar refractivity (Wildman–Crippen MR) is 83.6 cm³/mol. The van der Waals surface area contributed by atoms with E-state index in [2.05, 4.69) is 32.2 Å². The van der Waals surface area contributed by atoms with Crippen molar-refractivity contribution >= 4 is 27.5 Å². The molecular formula is C15H20BrClN2. The fourth-order valence-corrected chi connectivity index (χ4v) is 3.27. The van der Waals surface area contributed by atoms with Crippen LogP contribution in [0.2, 0.25) is 5.02 Å². The number of likely N-dealkylation sites (tertiary alicyclic amines) is 1. The molecule has 2 aliphatic rings. The summed E-state index contributed by atoms with van der Waals surface area (Å²) in [7, 11) is 0. The predicted octanol–water partition coefficient (Wildman–Crippen LogP) is 3.82. The molecule has 0 atom stereocenters. The number of rotatable bonds is 4. The zero-order chi connectivity index (χ0) is 13.2. The first kappa shape index (κ1) is 13.9. The summed E-state index contributed by atoms with van der Waals surface area (Å²) in [5.41, 5.74) is 1.26. The van der Waals surface area contributed by atoms with Crippen molar-refractivity contribution in [3.63, 3.8) is 0 Å². The normalized spacial score (nSPS) is 21.8. The van der Waals surface area contributed by atoms with Gasteiger partial charge in [-0.25, -0.2) is 0 Å². The van der Waals surface area contributed by atoms with E-state index < -0.39 is 0 Å². The first-order valence-electron chi connectivity index (χ1n) is 7.14. The molecule has 2 nitrogen and oxygen atoms in total. The number of hydrogen-bond donors (Lipinski definition) is 1. The lowest BCUT2D eigenvalue weighted by Crippen LogP contribution is -2.43. The smallest absolute Gasteiger partial charge is 0.0551 e. The molecule has 2 fully saturated rings. The molecule has 1 aliphatic heterocycles. The highest BCUT2D eigenvalue weighted by molar-refractivity contribution is 9.10. The molecule has 3 rings (SSSR count). The molecule has 1 aliphatic carbocycles. The summed E-state index contributed by atoms with van der Waals surface area (Å²) in [6.07, 6.45) is 5.41. The quantitative estimate of drug-likeness (QED) is 0.894. The monoisotopic (exact) mass is 342 g/mol.